The molecule has 6 heteroatoms. The summed E-state index contributed by atoms with van der Waals surface area (Å²) in [6.45, 7) is 0. The third kappa shape index (κ3) is 2.81. The van der Waals surface area contributed by atoms with Crippen LogP contribution < -0.4 is 11.0 Å². The number of para-hydroxylation sites is 1. The number of aromatic nitrogens is 3. The number of rotatable bonds is 3. The van der Waals surface area contributed by atoms with E-state index in [1.165, 1.54) is 0 Å². The maximum atomic E-state index is 12.5. The highest BCUT2D eigenvalue weighted by atomic mass is 16.2. The molecule has 0 aliphatic carbocycles. The molecular formula is C19H14N4O2. The van der Waals surface area contributed by atoms with Crippen molar-refractivity contribution in [2.75, 3.05) is 5.32 Å². The standard InChI is InChI=1S/C19H14N4O2/c24-18(20-16-12-6-8-13-7-4-5-11-15(13)16)17-21-19(25)23(22-17)14-9-2-1-3-10-14/h1-12H,(H,20,24)(H,21,22,25). The van der Waals surface area contributed by atoms with Crippen LogP contribution in [0, 0.1) is 0 Å². The molecule has 3 aromatic carbocycles. The summed E-state index contributed by atoms with van der Waals surface area (Å²) in [7, 11) is 0. The molecule has 0 aliphatic heterocycles. The number of carbonyl (C=O) groups excluding carboxylic acids is 1. The third-order valence-electron chi connectivity index (χ3n) is 3.87. The van der Waals surface area contributed by atoms with Crippen molar-refractivity contribution in [1.29, 1.82) is 0 Å². The van der Waals surface area contributed by atoms with Crippen molar-refractivity contribution in [2.45, 2.75) is 0 Å². The van der Waals surface area contributed by atoms with E-state index in [1.54, 1.807) is 24.3 Å². The molecule has 0 radical (unpaired) electrons. The van der Waals surface area contributed by atoms with Gasteiger partial charge in [-0.25, -0.2) is 4.79 Å². The molecule has 2 N–H and O–H groups in total. The predicted octanol–water partition coefficient (Wildman–Crippen LogP) is 2.97. The van der Waals surface area contributed by atoms with Gasteiger partial charge in [0.2, 0.25) is 5.82 Å². The first kappa shape index (κ1) is 14.9. The molecule has 1 aromatic heterocycles. The van der Waals surface area contributed by atoms with Crippen LogP contribution in [0.25, 0.3) is 16.5 Å². The van der Waals surface area contributed by atoms with E-state index in [1.807, 2.05) is 48.5 Å². The van der Waals surface area contributed by atoms with Crippen molar-refractivity contribution >= 4 is 22.4 Å². The zero-order valence-electron chi connectivity index (χ0n) is 13.1. The minimum atomic E-state index is -0.469. The van der Waals surface area contributed by atoms with Crippen molar-refractivity contribution < 1.29 is 4.79 Å². The van der Waals surface area contributed by atoms with Crippen molar-refractivity contribution in [3.05, 3.63) is 89.1 Å². The Kier molecular flexibility index (Phi) is 3.63. The number of aromatic amines is 1. The Bertz CT molecular complexity index is 1110. The van der Waals surface area contributed by atoms with Crippen molar-refractivity contribution in [2.24, 2.45) is 0 Å². The molecule has 0 unspecified atom stereocenters. The predicted molar refractivity (Wildman–Crippen MR) is 96.1 cm³/mol. The number of anilines is 1. The maximum Gasteiger partial charge on any atom is 0.348 e. The number of hydrogen-bond acceptors (Lipinski definition) is 3. The van der Waals surface area contributed by atoms with Gasteiger partial charge in [-0.2, -0.15) is 4.68 Å². The van der Waals surface area contributed by atoms with Crippen LogP contribution in [-0.2, 0) is 0 Å². The Morgan fingerprint density at radius 1 is 0.920 bits per heavy atom. The molecular weight excluding hydrogens is 316 g/mol. The average molecular weight is 330 g/mol. The van der Waals surface area contributed by atoms with Crippen LogP contribution in [-0.4, -0.2) is 20.7 Å². The van der Waals surface area contributed by atoms with Gasteiger partial charge in [-0.1, -0.05) is 54.6 Å². The van der Waals surface area contributed by atoms with Gasteiger partial charge in [0.1, 0.15) is 0 Å². The number of amides is 1. The van der Waals surface area contributed by atoms with E-state index in [9.17, 15) is 9.59 Å². The Morgan fingerprint density at radius 2 is 1.64 bits per heavy atom. The summed E-state index contributed by atoms with van der Waals surface area (Å²) < 4.78 is 1.16. The second kappa shape index (κ2) is 6.09. The molecule has 0 atom stereocenters. The topological polar surface area (TPSA) is 79.8 Å². The fourth-order valence-corrected chi connectivity index (χ4v) is 2.69. The van der Waals surface area contributed by atoms with E-state index in [-0.39, 0.29) is 5.82 Å². The zero-order chi connectivity index (χ0) is 17.2. The van der Waals surface area contributed by atoms with Crippen LogP contribution in [0.2, 0.25) is 0 Å². The molecule has 122 valence electrons. The molecule has 25 heavy (non-hydrogen) atoms. The summed E-state index contributed by atoms with van der Waals surface area (Å²) in [5, 5.41) is 8.84. The summed E-state index contributed by atoms with van der Waals surface area (Å²) in [5.74, 6) is -0.509. The highest BCUT2D eigenvalue weighted by Crippen LogP contribution is 2.23. The lowest BCUT2D eigenvalue weighted by Gasteiger charge is -2.07. The largest absolute Gasteiger partial charge is 0.348 e. The fraction of sp³-hybridized carbons (Fsp3) is 0. The Labute approximate surface area is 142 Å². The van der Waals surface area contributed by atoms with Gasteiger partial charge in [0.15, 0.2) is 0 Å². The number of benzene rings is 3. The average Bonchev–Trinajstić information content (AvgIpc) is 3.05. The molecule has 4 aromatic rings. The van der Waals surface area contributed by atoms with Crippen molar-refractivity contribution in [1.82, 2.24) is 14.8 Å². The third-order valence-corrected chi connectivity index (χ3v) is 3.87. The van der Waals surface area contributed by atoms with Crippen LogP contribution in [0.3, 0.4) is 0 Å². The van der Waals surface area contributed by atoms with E-state index >= 15 is 0 Å². The second-order valence-corrected chi connectivity index (χ2v) is 5.51. The van der Waals surface area contributed by atoms with Gasteiger partial charge in [-0.05, 0) is 23.6 Å². The number of carbonyl (C=O) groups is 1. The number of nitrogens with one attached hydrogen (secondary N) is 2. The number of nitrogens with zero attached hydrogens (tertiary/aromatic N) is 2. The maximum absolute atomic E-state index is 12.5. The monoisotopic (exact) mass is 330 g/mol. The van der Waals surface area contributed by atoms with Gasteiger partial charge >= 0.3 is 5.69 Å². The molecule has 0 saturated heterocycles. The summed E-state index contributed by atoms with van der Waals surface area (Å²) in [5.41, 5.74) is 0.792. The van der Waals surface area contributed by atoms with Crippen LogP contribution in [0.1, 0.15) is 10.6 Å². The van der Waals surface area contributed by atoms with E-state index in [4.69, 9.17) is 0 Å². The summed E-state index contributed by atoms with van der Waals surface area (Å²) >= 11 is 0. The molecule has 1 heterocycles. The van der Waals surface area contributed by atoms with Gasteiger partial charge in [0.05, 0.1) is 5.69 Å². The van der Waals surface area contributed by atoms with E-state index < -0.39 is 11.6 Å². The summed E-state index contributed by atoms with van der Waals surface area (Å²) in [6.07, 6.45) is 0. The fourth-order valence-electron chi connectivity index (χ4n) is 2.69. The van der Waals surface area contributed by atoms with Gasteiger partial charge in [0.25, 0.3) is 5.91 Å². The molecule has 1 amide bonds. The first-order valence-corrected chi connectivity index (χ1v) is 7.76. The second-order valence-electron chi connectivity index (χ2n) is 5.51. The van der Waals surface area contributed by atoms with Crippen LogP contribution in [0.15, 0.2) is 77.6 Å². The van der Waals surface area contributed by atoms with Gasteiger partial charge in [-0.3, -0.25) is 9.78 Å². The number of fused-ring (bicyclic) bond motifs is 1. The molecule has 6 nitrogen and oxygen atoms in total. The van der Waals surface area contributed by atoms with Crippen molar-refractivity contribution in [3.63, 3.8) is 0 Å². The first-order chi connectivity index (χ1) is 12.2. The molecule has 4 rings (SSSR count). The normalized spacial score (nSPS) is 10.7. The smallest absolute Gasteiger partial charge is 0.319 e. The first-order valence-electron chi connectivity index (χ1n) is 7.76. The number of hydrogen-bond donors (Lipinski definition) is 2. The zero-order valence-corrected chi connectivity index (χ0v) is 13.1. The van der Waals surface area contributed by atoms with Gasteiger partial charge < -0.3 is 5.32 Å². The van der Waals surface area contributed by atoms with Crippen LogP contribution in [0.5, 0.6) is 0 Å². The van der Waals surface area contributed by atoms with Crippen molar-refractivity contribution in [3.8, 4) is 5.69 Å². The van der Waals surface area contributed by atoms with Crippen LogP contribution in [0.4, 0.5) is 5.69 Å². The highest BCUT2D eigenvalue weighted by Gasteiger charge is 2.15. The van der Waals surface area contributed by atoms with Gasteiger partial charge in [-0.15, -0.1) is 5.10 Å². The minimum Gasteiger partial charge on any atom is -0.319 e. The van der Waals surface area contributed by atoms with Gasteiger partial charge in [0, 0.05) is 11.1 Å². The van der Waals surface area contributed by atoms with E-state index in [0.29, 0.717) is 11.4 Å². The minimum absolute atomic E-state index is 0.0400. The van der Waals surface area contributed by atoms with E-state index in [0.717, 1.165) is 15.5 Å². The van der Waals surface area contributed by atoms with Crippen LogP contribution >= 0.6 is 0 Å². The lowest BCUT2D eigenvalue weighted by molar-refractivity contribution is 0.101. The Hall–Kier alpha value is -3.67. The molecule has 0 spiro atoms. The Balaban J connectivity index is 1.67. The lowest BCUT2D eigenvalue weighted by atomic mass is 10.1. The molecule has 0 bridgehead atoms. The number of H-pyrrole nitrogens is 1. The molecule has 0 fully saturated rings. The van der Waals surface area contributed by atoms with E-state index in [2.05, 4.69) is 15.4 Å². The summed E-state index contributed by atoms with van der Waals surface area (Å²) in [6, 6.07) is 22.3. The molecule has 0 saturated carbocycles. The SMILES string of the molecule is O=C(Nc1cccc2ccccc12)c1nn(-c2ccccc2)c(=O)[nH]1. The Morgan fingerprint density at radius 3 is 2.48 bits per heavy atom. The quantitative estimate of drug-likeness (QED) is 0.606. The molecule has 0 aliphatic rings. The lowest BCUT2D eigenvalue weighted by Crippen LogP contribution is -2.15. The highest BCUT2D eigenvalue weighted by molar-refractivity contribution is 6.07. The summed E-state index contributed by atoms with van der Waals surface area (Å²) in [4.78, 5) is 27.1.